The van der Waals surface area contributed by atoms with E-state index in [1.807, 2.05) is 13.8 Å². The summed E-state index contributed by atoms with van der Waals surface area (Å²) in [6, 6.07) is 0. The molecule has 1 heterocycles. The first kappa shape index (κ1) is 7.54. The number of hydrogen-bond acceptors (Lipinski definition) is 3. The third kappa shape index (κ3) is 1.29. The molecule has 1 saturated heterocycles. The van der Waals surface area contributed by atoms with Crippen LogP contribution in [-0.4, -0.2) is 17.4 Å². The molecule has 10 heavy (non-hydrogen) atoms. The van der Waals surface area contributed by atoms with Crippen LogP contribution < -0.4 is 0 Å². The van der Waals surface area contributed by atoms with Gasteiger partial charge in [0.25, 0.3) is 0 Å². The van der Waals surface area contributed by atoms with Crippen molar-refractivity contribution in [3.8, 4) is 0 Å². The lowest BCUT2D eigenvalue weighted by molar-refractivity contribution is -0.155. The smallest absolute Gasteiger partial charge is 0.311 e. The third-order valence-corrected chi connectivity index (χ3v) is 1.82. The van der Waals surface area contributed by atoms with Crippen LogP contribution >= 0.6 is 0 Å². The van der Waals surface area contributed by atoms with Crippen molar-refractivity contribution >= 4 is 5.97 Å². The summed E-state index contributed by atoms with van der Waals surface area (Å²) in [5, 5.41) is 8.88. The maximum atomic E-state index is 10.8. The number of aliphatic hydroxyl groups excluding tert-OH is 1. The van der Waals surface area contributed by atoms with Crippen molar-refractivity contribution in [1.29, 1.82) is 0 Å². The first-order valence-electron chi connectivity index (χ1n) is 3.50. The fourth-order valence-electron chi connectivity index (χ4n) is 1.13. The molecular formula is C7H12O3. The fourth-order valence-corrected chi connectivity index (χ4v) is 1.13. The van der Waals surface area contributed by atoms with Gasteiger partial charge < -0.3 is 9.84 Å². The molecule has 1 rings (SSSR count). The molecule has 0 amide bonds. The van der Waals surface area contributed by atoms with Crippen LogP contribution in [0.5, 0.6) is 0 Å². The van der Waals surface area contributed by atoms with Crippen molar-refractivity contribution in [1.82, 2.24) is 0 Å². The highest BCUT2D eigenvalue weighted by Crippen LogP contribution is 2.25. The molecular weight excluding hydrogens is 132 g/mol. The molecule has 2 atom stereocenters. The van der Waals surface area contributed by atoms with Crippen LogP contribution in [0.4, 0.5) is 0 Å². The molecule has 0 aromatic rings. The van der Waals surface area contributed by atoms with E-state index >= 15 is 0 Å². The fraction of sp³-hybridized carbons (Fsp3) is 0.857. The molecule has 0 radical (unpaired) electrons. The highest BCUT2D eigenvalue weighted by molar-refractivity contribution is 5.74. The maximum absolute atomic E-state index is 10.8. The lowest BCUT2D eigenvalue weighted by Gasteiger charge is -2.06. The first-order valence-corrected chi connectivity index (χ1v) is 3.50. The Morgan fingerprint density at radius 3 is 2.50 bits per heavy atom. The summed E-state index contributed by atoms with van der Waals surface area (Å²) in [5.74, 6) is -0.0952. The molecule has 3 heteroatoms. The summed E-state index contributed by atoms with van der Waals surface area (Å²) >= 11 is 0. The molecule has 58 valence electrons. The molecule has 3 nitrogen and oxygen atoms in total. The van der Waals surface area contributed by atoms with Gasteiger partial charge >= 0.3 is 5.97 Å². The van der Waals surface area contributed by atoms with E-state index in [0.29, 0.717) is 6.42 Å². The number of hydrogen-bond donors (Lipinski definition) is 1. The average Bonchev–Trinajstić information content (AvgIpc) is 2.10. The van der Waals surface area contributed by atoms with Crippen LogP contribution in [0.2, 0.25) is 0 Å². The van der Waals surface area contributed by atoms with Crippen molar-refractivity contribution in [2.75, 3.05) is 0 Å². The molecule has 0 spiro atoms. The van der Waals surface area contributed by atoms with E-state index in [1.54, 1.807) is 0 Å². The Hall–Kier alpha value is -0.570. The normalized spacial score (nSPS) is 33.0. The van der Waals surface area contributed by atoms with Crippen LogP contribution in [-0.2, 0) is 9.53 Å². The van der Waals surface area contributed by atoms with E-state index in [-0.39, 0.29) is 17.8 Å². The summed E-state index contributed by atoms with van der Waals surface area (Å²) in [7, 11) is 0. The van der Waals surface area contributed by atoms with Gasteiger partial charge in [0.1, 0.15) is 0 Å². The largest absolute Gasteiger partial charge is 0.436 e. The first-order chi connectivity index (χ1) is 4.61. The number of carbonyl (C=O) groups is 1. The average molecular weight is 144 g/mol. The lowest BCUT2D eigenvalue weighted by atomic mass is 9.94. The van der Waals surface area contributed by atoms with Crippen LogP contribution in [0, 0.1) is 11.8 Å². The van der Waals surface area contributed by atoms with Gasteiger partial charge in [0.15, 0.2) is 0 Å². The highest BCUT2D eigenvalue weighted by Gasteiger charge is 2.34. The molecule has 1 aliphatic heterocycles. The van der Waals surface area contributed by atoms with Crippen LogP contribution in [0.3, 0.4) is 0 Å². The Bertz CT molecular complexity index is 142. The zero-order chi connectivity index (χ0) is 7.72. The molecule has 0 aliphatic carbocycles. The van der Waals surface area contributed by atoms with Gasteiger partial charge in [0, 0.05) is 6.42 Å². The predicted octanol–water partition coefficient (Wildman–Crippen LogP) is 0.524. The Morgan fingerprint density at radius 2 is 2.30 bits per heavy atom. The molecule has 0 saturated carbocycles. The monoisotopic (exact) mass is 144 g/mol. The zero-order valence-electron chi connectivity index (χ0n) is 6.20. The Labute approximate surface area is 60.0 Å². The minimum Gasteiger partial charge on any atom is -0.436 e. The Kier molecular flexibility index (Phi) is 1.94. The lowest BCUT2D eigenvalue weighted by Crippen LogP contribution is -2.13. The van der Waals surface area contributed by atoms with Gasteiger partial charge in [-0.05, 0) is 5.92 Å². The predicted molar refractivity (Wildman–Crippen MR) is 35.0 cm³/mol. The van der Waals surface area contributed by atoms with Gasteiger partial charge in [0.2, 0.25) is 6.29 Å². The summed E-state index contributed by atoms with van der Waals surface area (Å²) < 4.78 is 4.55. The highest BCUT2D eigenvalue weighted by atomic mass is 16.6. The number of esters is 1. The van der Waals surface area contributed by atoms with E-state index in [2.05, 4.69) is 4.74 Å². The Balaban J connectivity index is 2.55. The van der Waals surface area contributed by atoms with Crippen molar-refractivity contribution < 1.29 is 14.6 Å². The standard InChI is InChI=1S/C7H12O3/c1-4(2)5-3-6(8)10-7(5)9/h4-6,8H,3H2,1-2H3. The van der Waals surface area contributed by atoms with Crippen LogP contribution in [0.25, 0.3) is 0 Å². The number of rotatable bonds is 1. The molecule has 2 unspecified atom stereocenters. The number of carbonyl (C=O) groups excluding carboxylic acids is 1. The summed E-state index contributed by atoms with van der Waals surface area (Å²) in [6.45, 7) is 3.90. The number of cyclic esters (lactones) is 1. The number of aliphatic hydroxyl groups is 1. The van der Waals surface area contributed by atoms with E-state index in [4.69, 9.17) is 5.11 Å². The van der Waals surface area contributed by atoms with Crippen molar-refractivity contribution in [2.45, 2.75) is 26.6 Å². The van der Waals surface area contributed by atoms with Gasteiger partial charge in [-0.15, -0.1) is 0 Å². The minimum atomic E-state index is -0.861. The molecule has 1 fully saturated rings. The van der Waals surface area contributed by atoms with Gasteiger partial charge in [-0.2, -0.15) is 0 Å². The second-order valence-corrected chi connectivity index (χ2v) is 2.98. The van der Waals surface area contributed by atoms with Crippen molar-refractivity contribution in [3.63, 3.8) is 0 Å². The SMILES string of the molecule is CC(C)C1CC(O)OC1=O. The van der Waals surface area contributed by atoms with Crippen LogP contribution in [0.1, 0.15) is 20.3 Å². The van der Waals surface area contributed by atoms with E-state index in [9.17, 15) is 4.79 Å². The topological polar surface area (TPSA) is 46.5 Å². The zero-order valence-corrected chi connectivity index (χ0v) is 6.20. The van der Waals surface area contributed by atoms with Gasteiger partial charge in [-0.1, -0.05) is 13.8 Å². The maximum Gasteiger partial charge on any atom is 0.311 e. The van der Waals surface area contributed by atoms with Crippen molar-refractivity contribution in [3.05, 3.63) is 0 Å². The Morgan fingerprint density at radius 1 is 1.70 bits per heavy atom. The molecule has 0 aromatic heterocycles. The quantitative estimate of drug-likeness (QED) is 0.546. The summed E-state index contributed by atoms with van der Waals surface area (Å²) in [5.41, 5.74) is 0. The van der Waals surface area contributed by atoms with E-state index < -0.39 is 6.29 Å². The number of ether oxygens (including phenoxy) is 1. The minimum absolute atomic E-state index is 0.102. The van der Waals surface area contributed by atoms with Gasteiger partial charge in [-0.3, -0.25) is 4.79 Å². The van der Waals surface area contributed by atoms with Gasteiger partial charge in [0.05, 0.1) is 5.92 Å². The van der Waals surface area contributed by atoms with Crippen molar-refractivity contribution in [2.24, 2.45) is 11.8 Å². The van der Waals surface area contributed by atoms with Gasteiger partial charge in [-0.25, -0.2) is 0 Å². The molecule has 1 N–H and O–H groups in total. The third-order valence-electron chi connectivity index (χ3n) is 1.82. The summed E-state index contributed by atoms with van der Waals surface area (Å²) in [6.07, 6.45) is -0.406. The summed E-state index contributed by atoms with van der Waals surface area (Å²) in [4.78, 5) is 10.8. The van der Waals surface area contributed by atoms with E-state index in [1.165, 1.54) is 0 Å². The van der Waals surface area contributed by atoms with Crippen LogP contribution in [0.15, 0.2) is 0 Å². The second kappa shape index (κ2) is 2.58. The molecule has 0 bridgehead atoms. The second-order valence-electron chi connectivity index (χ2n) is 2.98. The molecule has 1 aliphatic rings. The van der Waals surface area contributed by atoms with E-state index in [0.717, 1.165) is 0 Å². The molecule has 0 aromatic carbocycles.